The summed E-state index contributed by atoms with van der Waals surface area (Å²) in [6, 6.07) is 6.01. The van der Waals surface area contributed by atoms with Gasteiger partial charge in [-0.25, -0.2) is 4.79 Å². The van der Waals surface area contributed by atoms with E-state index in [1.54, 1.807) is 0 Å². The number of carbonyl (C=O) groups excluding carboxylic acids is 1. The van der Waals surface area contributed by atoms with Gasteiger partial charge in [0.15, 0.2) is 11.9 Å². The molecule has 18 heavy (non-hydrogen) atoms. The number of carboxylic acids is 1. The van der Waals surface area contributed by atoms with Crippen LogP contribution in [0.5, 0.6) is 0 Å². The zero-order valence-corrected chi connectivity index (χ0v) is 10.8. The first-order chi connectivity index (χ1) is 8.52. The number of aliphatic carboxylic acids is 1. The maximum atomic E-state index is 11.9. The van der Waals surface area contributed by atoms with Gasteiger partial charge >= 0.3 is 5.97 Å². The van der Waals surface area contributed by atoms with E-state index in [2.05, 4.69) is 15.9 Å². The number of alkyl halides is 1. The van der Waals surface area contributed by atoms with Crippen LogP contribution < -0.4 is 0 Å². The Morgan fingerprint density at radius 2 is 2.11 bits per heavy atom. The second-order valence-electron chi connectivity index (χ2n) is 3.48. The molecule has 2 N–H and O–H groups in total. The summed E-state index contributed by atoms with van der Waals surface area (Å²) >= 11 is 3.10. The largest absolute Gasteiger partial charge is 0.479 e. The van der Waals surface area contributed by atoms with E-state index in [1.165, 1.54) is 18.2 Å². The molecule has 0 radical (unpaired) electrons. The Labute approximate surface area is 112 Å². The molecule has 1 rings (SSSR count). The minimum absolute atomic E-state index is 0.0191. The first-order valence-electron chi connectivity index (χ1n) is 5.06. The van der Waals surface area contributed by atoms with Gasteiger partial charge in [0.1, 0.15) is 0 Å². The predicted octanol–water partition coefficient (Wildman–Crippen LogP) is 1.64. The summed E-state index contributed by atoms with van der Waals surface area (Å²) < 4.78 is 0. The highest BCUT2D eigenvalue weighted by Gasteiger charge is 2.24. The molecule has 1 unspecified atom stereocenters. The number of hydrogen-bond acceptors (Lipinski definition) is 4. The fourth-order valence-corrected chi connectivity index (χ4v) is 1.91. The Morgan fingerprint density at radius 1 is 1.44 bits per heavy atom. The van der Waals surface area contributed by atoms with Gasteiger partial charge in [-0.05, 0) is 6.07 Å². The standard InChI is InChI=1S/C12H10BrNO4/c13-5-4-9(15)10-7(6-14)2-1-3-8(10)11(16)12(17)18/h1-3,11,16H,4-5H2,(H,17,18). The van der Waals surface area contributed by atoms with E-state index in [0.29, 0.717) is 5.33 Å². The van der Waals surface area contributed by atoms with E-state index in [0.717, 1.165) is 0 Å². The van der Waals surface area contributed by atoms with Gasteiger partial charge in [-0.3, -0.25) is 4.79 Å². The molecule has 0 aliphatic heterocycles. The summed E-state index contributed by atoms with van der Waals surface area (Å²) in [6.07, 6.45) is -1.69. The average molecular weight is 312 g/mol. The van der Waals surface area contributed by atoms with E-state index in [-0.39, 0.29) is 28.9 Å². The van der Waals surface area contributed by atoms with Crippen molar-refractivity contribution in [3.8, 4) is 6.07 Å². The first kappa shape index (κ1) is 14.4. The predicted molar refractivity (Wildman–Crippen MR) is 66.5 cm³/mol. The zero-order chi connectivity index (χ0) is 13.7. The van der Waals surface area contributed by atoms with Crippen LogP contribution >= 0.6 is 15.9 Å². The lowest BCUT2D eigenvalue weighted by Gasteiger charge is -2.12. The van der Waals surface area contributed by atoms with Gasteiger partial charge in [0.25, 0.3) is 0 Å². The summed E-state index contributed by atoms with van der Waals surface area (Å²) in [5.74, 6) is -1.84. The fourth-order valence-electron chi connectivity index (χ4n) is 1.55. The topological polar surface area (TPSA) is 98.4 Å². The van der Waals surface area contributed by atoms with Crippen LogP contribution in [0.15, 0.2) is 18.2 Å². The number of nitrogens with zero attached hydrogens (tertiary/aromatic N) is 1. The van der Waals surface area contributed by atoms with Gasteiger partial charge in [0.05, 0.1) is 11.6 Å². The van der Waals surface area contributed by atoms with E-state index in [4.69, 9.17) is 10.4 Å². The lowest BCUT2D eigenvalue weighted by Crippen LogP contribution is -2.16. The number of halogens is 1. The van der Waals surface area contributed by atoms with Crippen molar-refractivity contribution >= 4 is 27.7 Å². The quantitative estimate of drug-likeness (QED) is 0.636. The van der Waals surface area contributed by atoms with Crippen LogP contribution in [-0.4, -0.2) is 27.3 Å². The molecule has 1 aromatic carbocycles. The molecule has 0 fully saturated rings. The second-order valence-corrected chi connectivity index (χ2v) is 4.28. The highest BCUT2D eigenvalue weighted by Crippen LogP contribution is 2.23. The third kappa shape index (κ3) is 2.94. The number of carboxylic acid groups (broad SMARTS) is 1. The number of nitriles is 1. The number of rotatable bonds is 5. The van der Waals surface area contributed by atoms with Crippen molar-refractivity contribution in [2.45, 2.75) is 12.5 Å². The number of ketones is 1. The molecule has 5 nitrogen and oxygen atoms in total. The molecule has 0 aromatic heterocycles. The van der Waals surface area contributed by atoms with Crippen molar-refractivity contribution in [3.05, 3.63) is 34.9 Å². The first-order valence-corrected chi connectivity index (χ1v) is 6.18. The lowest BCUT2D eigenvalue weighted by molar-refractivity contribution is -0.146. The van der Waals surface area contributed by atoms with Crippen LogP contribution in [0.25, 0.3) is 0 Å². The number of aliphatic hydroxyl groups excluding tert-OH is 1. The Hall–Kier alpha value is -1.71. The lowest BCUT2D eigenvalue weighted by atomic mass is 9.93. The molecule has 0 saturated carbocycles. The third-order valence-corrected chi connectivity index (χ3v) is 2.74. The highest BCUT2D eigenvalue weighted by atomic mass is 79.9. The molecule has 0 heterocycles. The number of Topliss-reactive ketones (excluding diaryl/α,β-unsaturated/α-hetero) is 1. The van der Waals surface area contributed by atoms with E-state index in [1.807, 2.05) is 6.07 Å². The van der Waals surface area contributed by atoms with Crippen molar-refractivity contribution in [1.29, 1.82) is 5.26 Å². The smallest absolute Gasteiger partial charge is 0.337 e. The molecule has 6 heteroatoms. The summed E-state index contributed by atoms with van der Waals surface area (Å²) in [5, 5.41) is 27.7. The summed E-state index contributed by atoms with van der Waals surface area (Å²) in [4.78, 5) is 22.7. The molecule has 0 bridgehead atoms. The van der Waals surface area contributed by atoms with Crippen molar-refractivity contribution in [3.63, 3.8) is 0 Å². The van der Waals surface area contributed by atoms with Gasteiger partial charge in [0.2, 0.25) is 0 Å². The van der Waals surface area contributed by atoms with Crippen molar-refractivity contribution in [2.75, 3.05) is 5.33 Å². The summed E-state index contributed by atoms with van der Waals surface area (Å²) in [6.45, 7) is 0. The molecular weight excluding hydrogens is 302 g/mol. The number of benzene rings is 1. The Bertz CT molecular complexity index is 521. The summed E-state index contributed by atoms with van der Waals surface area (Å²) in [5.41, 5.74) is 0.000556. The highest BCUT2D eigenvalue weighted by molar-refractivity contribution is 9.09. The Morgan fingerprint density at radius 3 is 2.61 bits per heavy atom. The van der Waals surface area contributed by atoms with Crippen molar-refractivity contribution in [2.24, 2.45) is 0 Å². The van der Waals surface area contributed by atoms with E-state index < -0.39 is 12.1 Å². The Kier molecular flexibility index (Phi) is 5.01. The van der Waals surface area contributed by atoms with Crippen LogP contribution in [0.4, 0.5) is 0 Å². The zero-order valence-electron chi connectivity index (χ0n) is 9.26. The fraction of sp³-hybridized carbons (Fsp3) is 0.250. The molecule has 94 valence electrons. The Balaban J connectivity index is 3.39. The summed E-state index contributed by atoms with van der Waals surface area (Å²) in [7, 11) is 0. The number of carbonyl (C=O) groups is 2. The average Bonchev–Trinajstić information content (AvgIpc) is 2.36. The molecule has 0 aliphatic rings. The monoisotopic (exact) mass is 311 g/mol. The van der Waals surface area contributed by atoms with Crippen molar-refractivity contribution < 1.29 is 19.8 Å². The van der Waals surface area contributed by atoms with Crippen molar-refractivity contribution in [1.82, 2.24) is 0 Å². The van der Waals surface area contributed by atoms with Gasteiger partial charge in [0, 0.05) is 22.9 Å². The van der Waals surface area contributed by atoms with Crippen LogP contribution in [0, 0.1) is 11.3 Å². The molecule has 0 spiro atoms. The number of hydrogen-bond donors (Lipinski definition) is 2. The van der Waals surface area contributed by atoms with Crippen LogP contribution in [0.2, 0.25) is 0 Å². The molecule has 1 aromatic rings. The minimum Gasteiger partial charge on any atom is -0.479 e. The second kappa shape index (κ2) is 6.28. The maximum Gasteiger partial charge on any atom is 0.337 e. The maximum absolute atomic E-state index is 11.9. The normalized spacial score (nSPS) is 11.6. The van der Waals surface area contributed by atoms with Gasteiger partial charge in [-0.15, -0.1) is 0 Å². The van der Waals surface area contributed by atoms with Gasteiger partial charge in [-0.1, -0.05) is 28.1 Å². The SMILES string of the molecule is N#Cc1cccc(C(O)C(=O)O)c1C(=O)CCBr. The van der Waals surface area contributed by atoms with Crippen LogP contribution in [0.1, 0.15) is 34.0 Å². The van der Waals surface area contributed by atoms with Crippen LogP contribution in [-0.2, 0) is 4.79 Å². The van der Waals surface area contributed by atoms with Crippen LogP contribution in [0.3, 0.4) is 0 Å². The minimum atomic E-state index is -1.81. The van der Waals surface area contributed by atoms with E-state index >= 15 is 0 Å². The molecule has 0 aliphatic carbocycles. The third-order valence-electron chi connectivity index (χ3n) is 2.35. The van der Waals surface area contributed by atoms with E-state index in [9.17, 15) is 14.7 Å². The van der Waals surface area contributed by atoms with Gasteiger partial charge < -0.3 is 10.2 Å². The molecular formula is C12H10BrNO4. The molecule has 1 atom stereocenters. The molecule has 0 amide bonds. The van der Waals surface area contributed by atoms with Gasteiger partial charge in [-0.2, -0.15) is 5.26 Å². The number of aliphatic hydroxyl groups is 1. The molecule has 0 saturated heterocycles.